The van der Waals surface area contributed by atoms with Gasteiger partial charge in [0.2, 0.25) is 0 Å². The van der Waals surface area contributed by atoms with Gasteiger partial charge in [0.1, 0.15) is 12.4 Å². The minimum Gasteiger partial charge on any atom is -0.486 e. The van der Waals surface area contributed by atoms with Crippen molar-refractivity contribution in [3.05, 3.63) is 33.9 Å². The summed E-state index contributed by atoms with van der Waals surface area (Å²) in [5.41, 5.74) is 0.210. The lowest BCUT2D eigenvalue weighted by Gasteiger charge is -2.17. The van der Waals surface area contributed by atoms with Gasteiger partial charge in [0, 0.05) is 17.5 Å². The van der Waals surface area contributed by atoms with Gasteiger partial charge in [0.15, 0.2) is 5.78 Å². The standard InChI is InChI=1S/C13H17NO4/c1-9-7-10(14(16)17)5-6-11(9)18-8-12(15)13(2,3)4/h5-7H,8H2,1-4H3. The van der Waals surface area contributed by atoms with E-state index in [1.165, 1.54) is 18.2 Å². The van der Waals surface area contributed by atoms with Crippen LogP contribution in [0, 0.1) is 22.5 Å². The van der Waals surface area contributed by atoms with Gasteiger partial charge in [0.05, 0.1) is 4.92 Å². The van der Waals surface area contributed by atoms with Gasteiger partial charge in [-0.05, 0) is 18.6 Å². The van der Waals surface area contributed by atoms with E-state index in [1.54, 1.807) is 6.92 Å². The summed E-state index contributed by atoms with van der Waals surface area (Å²) in [4.78, 5) is 21.8. The molecule has 0 aliphatic carbocycles. The second-order valence-electron chi connectivity index (χ2n) is 5.17. The van der Waals surface area contributed by atoms with Crippen LogP contribution >= 0.6 is 0 Å². The number of nitro groups is 1. The predicted octanol–water partition coefficient (Wildman–Crippen LogP) is 2.90. The number of rotatable bonds is 4. The van der Waals surface area contributed by atoms with Crippen LogP contribution in [0.2, 0.25) is 0 Å². The maximum Gasteiger partial charge on any atom is 0.269 e. The quantitative estimate of drug-likeness (QED) is 0.609. The monoisotopic (exact) mass is 251 g/mol. The van der Waals surface area contributed by atoms with Crippen LogP contribution in [0.15, 0.2) is 18.2 Å². The number of ketones is 1. The number of benzene rings is 1. The molecule has 0 bridgehead atoms. The SMILES string of the molecule is Cc1cc([N+](=O)[O-])ccc1OCC(=O)C(C)(C)C. The van der Waals surface area contributed by atoms with Crippen molar-refractivity contribution in [2.45, 2.75) is 27.7 Å². The maximum absolute atomic E-state index is 11.7. The Kier molecular flexibility index (Phi) is 4.06. The van der Waals surface area contributed by atoms with Crippen LogP contribution in [0.3, 0.4) is 0 Å². The van der Waals surface area contributed by atoms with Gasteiger partial charge in [0.25, 0.3) is 5.69 Å². The summed E-state index contributed by atoms with van der Waals surface area (Å²) < 4.78 is 5.39. The first-order chi connectivity index (χ1) is 8.21. The van der Waals surface area contributed by atoms with Crippen molar-refractivity contribution >= 4 is 11.5 Å². The highest BCUT2D eigenvalue weighted by molar-refractivity contribution is 5.85. The zero-order chi connectivity index (χ0) is 13.9. The molecule has 0 aliphatic rings. The molecule has 5 nitrogen and oxygen atoms in total. The Morgan fingerprint density at radius 1 is 1.39 bits per heavy atom. The Balaban J connectivity index is 2.75. The third kappa shape index (κ3) is 3.55. The van der Waals surface area contributed by atoms with E-state index in [-0.39, 0.29) is 18.1 Å². The molecule has 0 N–H and O–H groups in total. The molecule has 98 valence electrons. The van der Waals surface area contributed by atoms with E-state index < -0.39 is 10.3 Å². The Labute approximate surface area is 106 Å². The molecule has 0 aromatic heterocycles. The summed E-state index contributed by atoms with van der Waals surface area (Å²) in [6.45, 7) is 7.15. The van der Waals surface area contributed by atoms with Crippen molar-refractivity contribution in [1.82, 2.24) is 0 Å². The molecule has 0 spiro atoms. The van der Waals surface area contributed by atoms with Crippen LogP contribution in [-0.2, 0) is 4.79 Å². The van der Waals surface area contributed by atoms with Crippen LogP contribution in [0.25, 0.3) is 0 Å². The fraction of sp³-hybridized carbons (Fsp3) is 0.462. The molecule has 0 atom stereocenters. The number of hydrogen-bond donors (Lipinski definition) is 0. The molecule has 1 aromatic carbocycles. The number of carbonyl (C=O) groups is 1. The zero-order valence-electron chi connectivity index (χ0n) is 11.0. The lowest BCUT2D eigenvalue weighted by atomic mass is 9.91. The molecule has 0 saturated heterocycles. The molecule has 0 unspecified atom stereocenters. The summed E-state index contributed by atoms with van der Waals surface area (Å²) in [6.07, 6.45) is 0. The van der Waals surface area contributed by atoms with E-state index >= 15 is 0 Å². The average Bonchev–Trinajstić information content (AvgIpc) is 2.25. The molecule has 0 amide bonds. The molecular formula is C13H17NO4. The summed E-state index contributed by atoms with van der Waals surface area (Å²) in [7, 11) is 0. The van der Waals surface area contributed by atoms with E-state index in [4.69, 9.17) is 4.74 Å². The number of carbonyl (C=O) groups excluding carboxylic acids is 1. The number of non-ortho nitro benzene ring substituents is 1. The highest BCUT2D eigenvalue weighted by Gasteiger charge is 2.21. The third-order valence-electron chi connectivity index (χ3n) is 2.56. The Morgan fingerprint density at radius 2 is 2.00 bits per heavy atom. The Hall–Kier alpha value is -1.91. The predicted molar refractivity (Wildman–Crippen MR) is 67.8 cm³/mol. The van der Waals surface area contributed by atoms with Gasteiger partial charge in [-0.25, -0.2) is 0 Å². The third-order valence-corrected chi connectivity index (χ3v) is 2.56. The van der Waals surface area contributed by atoms with Gasteiger partial charge in [-0.1, -0.05) is 20.8 Å². The van der Waals surface area contributed by atoms with Crippen LogP contribution < -0.4 is 4.74 Å². The number of nitro benzene ring substituents is 1. The lowest BCUT2D eigenvalue weighted by Crippen LogP contribution is -2.26. The van der Waals surface area contributed by atoms with Crippen molar-refractivity contribution < 1.29 is 14.5 Å². The number of ether oxygens (including phenoxy) is 1. The number of nitrogens with zero attached hydrogens (tertiary/aromatic N) is 1. The molecule has 1 aromatic rings. The van der Waals surface area contributed by atoms with Gasteiger partial charge in [-0.2, -0.15) is 0 Å². The number of Topliss-reactive ketones (excluding diaryl/α,β-unsaturated/α-hetero) is 1. The van der Waals surface area contributed by atoms with Crippen LogP contribution in [0.1, 0.15) is 26.3 Å². The molecular weight excluding hydrogens is 234 g/mol. The Bertz CT molecular complexity index is 474. The first-order valence-corrected chi connectivity index (χ1v) is 5.63. The van der Waals surface area contributed by atoms with Crippen molar-refractivity contribution in [2.24, 2.45) is 5.41 Å². The molecule has 5 heteroatoms. The van der Waals surface area contributed by atoms with E-state index in [2.05, 4.69) is 0 Å². The van der Waals surface area contributed by atoms with Crippen molar-refractivity contribution in [2.75, 3.05) is 6.61 Å². The molecule has 18 heavy (non-hydrogen) atoms. The molecule has 0 aliphatic heterocycles. The summed E-state index contributed by atoms with van der Waals surface area (Å²) in [6, 6.07) is 4.31. The van der Waals surface area contributed by atoms with Crippen molar-refractivity contribution in [1.29, 1.82) is 0 Å². The van der Waals surface area contributed by atoms with Crippen molar-refractivity contribution in [3.8, 4) is 5.75 Å². The van der Waals surface area contributed by atoms with E-state index in [0.717, 1.165) is 0 Å². The smallest absolute Gasteiger partial charge is 0.269 e. The molecule has 1 rings (SSSR count). The van der Waals surface area contributed by atoms with E-state index in [1.807, 2.05) is 20.8 Å². The van der Waals surface area contributed by atoms with E-state index in [9.17, 15) is 14.9 Å². The molecule has 0 saturated carbocycles. The van der Waals surface area contributed by atoms with Crippen LogP contribution in [-0.4, -0.2) is 17.3 Å². The second kappa shape index (κ2) is 5.16. The van der Waals surface area contributed by atoms with Crippen LogP contribution in [0.4, 0.5) is 5.69 Å². The van der Waals surface area contributed by atoms with Crippen LogP contribution in [0.5, 0.6) is 5.75 Å². The molecule has 0 fully saturated rings. The minimum atomic E-state index is -0.461. The number of hydrogen-bond acceptors (Lipinski definition) is 4. The Morgan fingerprint density at radius 3 is 2.44 bits per heavy atom. The average molecular weight is 251 g/mol. The minimum absolute atomic E-state index is 0.0137. The summed E-state index contributed by atoms with van der Waals surface area (Å²) >= 11 is 0. The maximum atomic E-state index is 11.7. The van der Waals surface area contributed by atoms with Gasteiger partial charge >= 0.3 is 0 Å². The van der Waals surface area contributed by atoms with Crippen molar-refractivity contribution in [3.63, 3.8) is 0 Å². The summed E-state index contributed by atoms with van der Waals surface area (Å²) in [5, 5.41) is 10.6. The molecule has 0 heterocycles. The normalized spacial score (nSPS) is 11.1. The highest BCUT2D eigenvalue weighted by Crippen LogP contribution is 2.24. The molecule has 0 radical (unpaired) electrons. The largest absolute Gasteiger partial charge is 0.486 e. The fourth-order valence-corrected chi connectivity index (χ4v) is 1.27. The highest BCUT2D eigenvalue weighted by atomic mass is 16.6. The van der Waals surface area contributed by atoms with Gasteiger partial charge in [-0.15, -0.1) is 0 Å². The fourth-order valence-electron chi connectivity index (χ4n) is 1.27. The first-order valence-electron chi connectivity index (χ1n) is 5.63. The van der Waals surface area contributed by atoms with E-state index in [0.29, 0.717) is 11.3 Å². The summed E-state index contributed by atoms with van der Waals surface area (Å²) in [5.74, 6) is 0.485. The zero-order valence-corrected chi connectivity index (χ0v) is 11.0. The lowest BCUT2D eigenvalue weighted by molar-refractivity contribution is -0.384. The second-order valence-corrected chi connectivity index (χ2v) is 5.17. The topological polar surface area (TPSA) is 69.4 Å². The number of aryl methyl sites for hydroxylation is 1. The first kappa shape index (κ1) is 14.2. The van der Waals surface area contributed by atoms with Gasteiger partial charge < -0.3 is 4.74 Å². The van der Waals surface area contributed by atoms with Gasteiger partial charge in [-0.3, -0.25) is 14.9 Å².